The maximum atomic E-state index is 12.4. The van der Waals surface area contributed by atoms with E-state index in [1.807, 2.05) is 36.4 Å². The smallest absolute Gasteiger partial charge is 0.270 e. The lowest BCUT2D eigenvalue weighted by atomic mass is 10.0. The maximum absolute atomic E-state index is 12.4. The number of hydrogen-bond donors (Lipinski definition) is 1. The molecule has 4 rings (SSSR count). The molecule has 0 bridgehead atoms. The number of carbonyl (C=O) groups excluding carboxylic acids is 1. The number of pyridine rings is 1. The minimum atomic E-state index is -0.0457. The molecule has 1 aromatic heterocycles. The van der Waals surface area contributed by atoms with Crippen LogP contribution in [0.4, 0.5) is 0 Å². The second-order valence-corrected chi connectivity index (χ2v) is 6.40. The number of carbonyl (C=O) groups is 1. The number of amides is 1. The molecule has 1 aliphatic carbocycles. The molecule has 2 aromatic rings. The van der Waals surface area contributed by atoms with E-state index in [2.05, 4.69) is 15.2 Å². The molecule has 4 nitrogen and oxygen atoms in total. The Balaban J connectivity index is 1.40. The van der Waals surface area contributed by atoms with Gasteiger partial charge in [0.05, 0.1) is 5.52 Å². The molecule has 1 amide bonds. The van der Waals surface area contributed by atoms with Gasteiger partial charge in [-0.15, -0.1) is 0 Å². The average molecular weight is 295 g/mol. The largest absolute Gasteiger partial charge is 0.348 e. The van der Waals surface area contributed by atoms with Crippen LogP contribution in [0.2, 0.25) is 0 Å². The zero-order valence-electron chi connectivity index (χ0n) is 12.7. The van der Waals surface area contributed by atoms with Crippen LogP contribution in [0.15, 0.2) is 36.4 Å². The fraction of sp³-hybridized carbons (Fsp3) is 0.444. The third-order valence-electron chi connectivity index (χ3n) is 4.76. The summed E-state index contributed by atoms with van der Waals surface area (Å²) in [5.74, 6) is -0.0457. The Morgan fingerprint density at radius 3 is 2.59 bits per heavy atom. The molecular formula is C18H21N3O. The Morgan fingerprint density at radius 2 is 1.82 bits per heavy atom. The topological polar surface area (TPSA) is 45.2 Å². The number of piperidine rings is 1. The third kappa shape index (κ3) is 2.83. The van der Waals surface area contributed by atoms with Crippen molar-refractivity contribution in [2.24, 2.45) is 0 Å². The average Bonchev–Trinajstić information content (AvgIpc) is 3.40. The van der Waals surface area contributed by atoms with Gasteiger partial charge in [0.2, 0.25) is 0 Å². The molecule has 4 heteroatoms. The summed E-state index contributed by atoms with van der Waals surface area (Å²) < 4.78 is 0. The molecule has 1 saturated heterocycles. The van der Waals surface area contributed by atoms with Crippen molar-refractivity contribution in [3.05, 3.63) is 42.1 Å². The lowest BCUT2D eigenvalue weighted by molar-refractivity contribution is 0.0904. The SMILES string of the molecule is O=C(NC1CCN(C2CC2)CC1)c1ccc2ccccc2n1. The molecular weight excluding hydrogens is 274 g/mol. The highest BCUT2D eigenvalue weighted by atomic mass is 16.1. The highest BCUT2D eigenvalue weighted by Gasteiger charge is 2.32. The van der Waals surface area contributed by atoms with Gasteiger partial charge in [-0.05, 0) is 37.8 Å². The van der Waals surface area contributed by atoms with Gasteiger partial charge in [0.15, 0.2) is 0 Å². The van der Waals surface area contributed by atoms with E-state index in [1.165, 1.54) is 12.8 Å². The second-order valence-electron chi connectivity index (χ2n) is 6.40. The Kier molecular flexibility index (Phi) is 3.54. The van der Waals surface area contributed by atoms with Gasteiger partial charge in [-0.2, -0.15) is 0 Å². The second kappa shape index (κ2) is 5.69. The number of benzene rings is 1. The van der Waals surface area contributed by atoms with E-state index in [0.29, 0.717) is 5.69 Å². The molecule has 22 heavy (non-hydrogen) atoms. The highest BCUT2D eigenvalue weighted by Crippen LogP contribution is 2.29. The molecule has 0 atom stereocenters. The predicted octanol–water partition coefficient (Wildman–Crippen LogP) is 2.59. The highest BCUT2D eigenvalue weighted by molar-refractivity contribution is 5.95. The van der Waals surface area contributed by atoms with Crippen LogP contribution in [-0.2, 0) is 0 Å². The molecule has 0 spiro atoms. The molecule has 0 radical (unpaired) electrons. The van der Waals surface area contributed by atoms with E-state index >= 15 is 0 Å². The van der Waals surface area contributed by atoms with Crippen LogP contribution in [-0.4, -0.2) is 41.0 Å². The van der Waals surface area contributed by atoms with E-state index in [1.54, 1.807) is 0 Å². The van der Waals surface area contributed by atoms with Crippen molar-refractivity contribution < 1.29 is 4.79 Å². The maximum Gasteiger partial charge on any atom is 0.270 e. The zero-order valence-corrected chi connectivity index (χ0v) is 12.7. The summed E-state index contributed by atoms with van der Waals surface area (Å²) in [6, 6.07) is 12.8. The van der Waals surface area contributed by atoms with Crippen molar-refractivity contribution in [3.8, 4) is 0 Å². The van der Waals surface area contributed by atoms with E-state index in [9.17, 15) is 4.79 Å². The minimum Gasteiger partial charge on any atom is -0.348 e. The number of hydrogen-bond acceptors (Lipinski definition) is 3. The van der Waals surface area contributed by atoms with Gasteiger partial charge in [0.25, 0.3) is 5.91 Å². The van der Waals surface area contributed by atoms with Gasteiger partial charge in [-0.25, -0.2) is 4.98 Å². The first kappa shape index (κ1) is 13.7. The summed E-state index contributed by atoms with van der Waals surface area (Å²) in [7, 11) is 0. The Labute approximate surface area is 130 Å². The monoisotopic (exact) mass is 295 g/mol. The van der Waals surface area contributed by atoms with E-state index in [4.69, 9.17) is 0 Å². The summed E-state index contributed by atoms with van der Waals surface area (Å²) in [6.45, 7) is 2.22. The van der Waals surface area contributed by atoms with Crippen LogP contribution >= 0.6 is 0 Å². The van der Waals surface area contributed by atoms with E-state index in [0.717, 1.165) is 42.9 Å². The number of rotatable bonds is 3. The van der Waals surface area contributed by atoms with Crippen molar-refractivity contribution in [1.29, 1.82) is 0 Å². The third-order valence-corrected chi connectivity index (χ3v) is 4.76. The fourth-order valence-corrected chi connectivity index (χ4v) is 3.30. The zero-order chi connectivity index (χ0) is 14.9. The van der Waals surface area contributed by atoms with Gasteiger partial charge in [0.1, 0.15) is 5.69 Å². The van der Waals surface area contributed by atoms with E-state index in [-0.39, 0.29) is 11.9 Å². The molecule has 114 valence electrons. The molecule has 2 aliphatic rings. The van der Waals surface area contributed by atoms with Gasteiger partial charge < -0.3 is 10.2 Å². The quantitative estimate of drug-likeness (QED) is 0.946. The summed E-state index contributed by atoms with van der Waals surface area (Å²) in [6.07, 6.45) is 4.82. The predicted molar refractivity (Wildman–Crippen MR) is 86.8 cm³/mol. The van der Waals surface area contributed by atoms with Gasteiger partial charge in [0, 0.05) is 30.6 Å². The van der Waals surface area contributed by atoms with E-state index < -0.39 is 0 Å². The Bertz CT molecular complexity index is 688. The van der Waals surface area contributed by atoms with Crippen LogP contribution < -0.4 is 5.32 Å². The molecule has 1 aromatic carbocycles. The van der Waals surface area contributed by atoms with Crippen LogP contribution in [0.1, 0.15) is 36.2 Å². The number of nitrogens with zero attached hydrogens (tertiary/aromatic N) is 2. The summed E-state index contributed by atoms with van der Waals surface area (Å²) >= 11 is 0. The number of likely N-dealkylation sites (tertiary alicyclic amines) is 1. The standard InChI is InChI=1S/C18H21N3O/c22-18(17-8-5-13-3-1-2-4-16(13)20-17)19-14-9-11-21(12-10-14)15-6-7-15/h1-5,8,14-15H,6-7,9-12H2,(H,19,22). The van der Waals surface area contributed by atoms with Crippen molar-refractivity contribution in [2.75, 3.05) is 13.1 Å². The number of para-hydroxylation sites is 1. The van der Waals surface area contributed by atoms with Crippen LogP contribution in [0, 0.1) is 0 Å². The lowest BCUT2D eigenvalue weighted by Crippen LogP contribution is -2.45. The fourth-order valence-electron chi connectivity index (χ4n) is 3.30. The molecule has 1 N–H and O–H groups in total. The van der Waals surface area contributed by atoms with Crippen molar-refractivity contribution in [1.82, 2.24) is 15.2 Å². The van der Waals surface area contributed by atoms with Crippen molar-refractivity contribution in [3.63, 3.8) is 0 Å². The first-order valence-electron chi connectivity index (χ1n) is 8.20. The summed E-state index contributed by atoms with van der Waals surface area (Å²) in [4.78, 5) is 19.4. The molecule has 1 aliphatic heterocycles. The van der Waals surface area contributed by atoms with Gasteiger partial charge >= 0.3 is 0 Å². The van der Waals surface area contributed by atoms with Crippen LogP contribution in [0.3, 0.4) is 0 Å². The number of nitrogens with one attached hydrogen (secondary N) is 1. The van der Waals surface area contributed by atoms with Gasteiger partial charge in [-0.3, -0.25) is 4.79 Å². The Morgan fingerprint density at radius 1 is 1.05 bits per heavy atom. The van der Waals surface area contributed by atoms with Gasteiger partial charge in [-0.1, -0.05) is 24.3 Å². The summed E-state index contributed by atoms with van der Waals surface area (Å²) in [5, 5.41) is 4.22. The minimum absolute atomic E-state index is 0.0457. The number of aromatic nitrogens is 1. The summed E-state index contributed by atoms with van der Waals surface area (Å²) in [5.41, 5.74) is 1.39. The molecule has 2 heterocycles. The van der Waals surface area contributed by atoms with Crippen molar-refractivity contribution in [2.45, 2.75) is 37.8 Å². The molecule has 2 fully saturated rings. The molecule has 1 saturated carbocycles. The van der Waals surface area contributed by atoms with Crippen molar-refractivity contribution >= 4 is 16.8 Å². The normalized spacial score (nSPS) is 20.2. The van der Waals surface area contributed by atoms with Crippen LogP contribution in [0.25, 0.3) is 10.9 Å². The first-order valence-corrected chi connectivity index (χ1v) is 8.20. The molecule has 0 unspecified atom stereocenters. The lowest BCUT2D eigenvalue weighted by Gasteiger charge is -2.32. The van der Waals surface area contributed by atoms with Crippen LogP contribution in [0.5, 0.6) is 0 Å². The Hall–Kier alpha value is -1.94. The first-order chi connectivity index (χ1) is 10.8. The number of fused-ring (bicyclic) bond motifs is 1.